The number of hydrogen-bond donors (Lipinski definition) is 1. The van der Waals surface area contributed by atoms with Gasteiger partial charge >= 0.3 is 0 Å². The van der Waals surface area contributed by atoms with E-state index in [-0.39, 0.29) is 13.2 Å². The van der Waals surface area contributed by atoms with E-state index in [9.17, 15) is 9.50 Å². The maximum atomic E-state index is 12.8. The Balaban J connectivity index is 2.43. The smallest absolute Gasteiger partial charge is 0.138 e. The molecule has 0 amide bonds. The van der Waals surface area contributed by atoms with Crippen molar-refractivity contribution in [1.29, 1.82) is 0 Å². The Morgan fingerprint density at radius 1 is 1.46 bits per heavy atom. The summed E-state index contributed by atoms with van der Waals surface area (Å²) in [4.78, 5) is 0. The standard InChI is InChI=1S/C9H8ClFO2/c10-8-2-1-6(11)3-7(8)9(12)4-13-5-9/h1-3,12H,4-5H2. The Morgan fingerprint density at radius 2 is 2.15 bits per heavy atom. The molecule has 0 atom stereocenters. The summed E-state index contributed by atoms with van der Waals surface area (Å²) in [6.07, 6.45) is 0. The van der Waals surface area contributed by atoms with Crippen LogP contribution in [0.2, 0.25) is 5.02 Å². The van der Waals surface area contributed by atoms with Crippen LogP contribution in [0.15, 0.2) is 18.2 Å². The van der Waals surface area contributed by atoms with Gasteiger partial charge in [-0.3, -0.25) is 0 Å². The molecule has 4 heteroatoms. The first-order chi connectivity index (χ1) is 6.12. The second kappa shape index (κ2) is 2.94. The van der Waals surface area contributed by atoms with Crippen LogP contribution in [-0.2, 0) is 10.3 Å². The molecule has 1 heterocycles. The van der Waals surface area contributed by atoms with Crippen LogP contribution in [0.4, 0.5) is 4.39 Å². The Hall–Kier alpha value is -0.640. The van der Waals surface area contributed by atoms with Gasteiger partial charge in [0.25, 0.3) is 0 Å². The first-order valence-electron chi connectivity index (χ1n) is 3.87. The lowest BCUT2D eigenvalue weighted by Gasteiger charge is -2.37. The van der Waals surface area contributed by atoms with Crippen LogP contribution < -0.4 is 0 Å². The third-order valence-electron chi connectivity index (χ3n) is 2.11. The van der Waals surface area contributed by atoms with Gasteiger partial charge in [0.05, 0.1) is 13.2 Å². The van der Waals surface area contributed by atoms with E-state index in [0.29, 0.717) is 10.6 Å². The molecule has 13 heavy (non-hydrogen) atoms. The van der Waals surface area contributed by atoms with E-state index in [1.165, 1.54) is 18.2 Å². The number of hydrogen-bond acceptors (Lipinski definition) is 2. The molecule has 0 radical (unpaired) electrons. The Bertz CT molecular complexity index is 336. The lowest BCUT2D eigenvalue weighted by Crippen LogP contribution is -2.46. The van der Waals surface area contributed by atoms with E-state index < -0.39 is 11.4 Å². The SMILES string of the molecule is OC1(c2cc(F)ccc2Cl)COC1. The second-order valence-corrected chi connectivity index (χ2v) is 3.56. The van der Waals surface area contributed by atoms with Crippen molar-refractivity contribution in [2.24, 2.45) is 0 Å². The van der Waals surface area contributed by atoms with Crippen LogP contribution in [0.5, 0.6) is 0 Å². The van der Waals surface area contributed by atoms with Gasteiger partial charge in [-0.15, -0.1) is 0 Å². The third kappa shape index (κ3) is 1.43. The summed E-state index contributed by atoms with van der Waals surface area (Å²) in [6.45, 7) is 0.354. The van der Waals surface area contributed by atoms with Gasteiger partial charge in [0.1, 0.15) is 11.4 Å². The van der Waals surface area contributed by atoms with Crippen molar-refractivity contribution in [2.45, 2.75) is 5.60 Å². The van der Waals surface area contributed by atoms with E-state index in [0.717, 1.165) is 0 Å². The molecule has 0 aliphatic carbocycles. The monoisotopic (exact) mass is 202 g/mol. The average molecular weight is 203 g/mol. The second-order valence-electron chi connectivity index (χ2n) is 3.15. The van der Waals surface area contributed by atoms with Crippen LogP contribution in [0.3, 0.4) is 0 Å². The molecule has 0 unspecified atom stereocenters. The van der Waals surface area contributed by atoms with Gasteiger partial charge in [-0.2, -0.15) is 0 Å². The van der Waals surface area contributed by atoms with Gasteiger partial charge in [-0.05, 0) is 18.2 Å². The highest BCUT2D eigenvalue weighted by atomic mass is 35.5. The lowest BCUT2D eigenvalue weighted by molar-refractivity contribution is -0.184. The molecule has 1 aromatic rings. The minimum Gasteiger partial charge on any atom is -0.380 e. The van der Waals surface area contributed by atoms with Crippen LogP contribution in [0.25, 0.3) is 0 Å². The normalized spacial score (nSPS) is 19.6. The fourth-order valence-electron chi connectivity index (χ4n) is 1.31. The molecule has 1 N–H and O–H groups in total. The topological polar surface area (TPSA) is 29.5 Å². The van der Waals surface area contributed by atoms with Crippen molar-refractivity contribution in [2.75, 3.05) is 13.2 Å². The Kier molecular flexibility index (Phi) is 2.02. The highest BCUT2D eigenvalue weighted by molar-refractivity contribution is 6.31. The summed E-state index contributed by atoms with van der Waals surface area (Å²) >= 11 is 5.81. The first-order valence-corrected chi connectivity index (χ1v) is 4.25. The zero-order valence-electron chi connectivity index (χ0n) is 6.76. The molecule has 0 aromatic heterocycles. The predicted octanol–water partition coefficient (Wildman–Crippen LogP) is 1.70. The van der Waals surface area contributed by atoms with Gasteiger partial charge < -0.3 is 9.84 Å². The highest BCUT2D eigenvalue weighted by Gasteiger charge is 2.39. The zero-order valence-corrected chi connectivity index (χ0v) is 7.51. The zero-order chi connectivity index (χ0) is 9.47. The van der Waals surface area contributed by atoms with E-state index in [1.807, 2.05) is 0 Å². The van der Waals surface area contributed by atoms with Crippen molar-refractivity contribution < 1.29 is 14.2 Å². The number of benzene rings is 1. The largest absolute Gasteiger partial charge is 0.380 e. The highest BCUT2D eigenvalue weighted by Crippen LogP contribution is 2.34. The lowest BCUT2D eigenvalue weighted by atomic mass is 9.92. The number of rotatable bonds is 1. The summed E-state index contributed by atoms with van der Waals surface area (Å²) in [5.74, 6) is -0.403. The molecule has 0 bridgehead atoms. The Morgan fingerprint density at radius 3 is 2.69 bits per heavy atom. The molecule has 1 saturated heterocycles. The van der Waals surface area contributed by atoms with E-state index in [1.54, 1.807) is 0 Å². The van der Waals surface area contributed by atoms with Crippen LogP contribution in [-0.4, -0.2) is 18.3 Å². The molecule has 1 aliphatic heterocycles. The predicted molar refractivity (Wildman–Crippen MR) is 46.1 cm³/mol. The summed E-state index contributed by atoms with van der Waals surface area (Å²) in [6, 6.07) is 3.93. The summed E-state index contributed by atoms with van der Waals surface area (Å²) in [5, 5.41) is 10.2. The van der Waals surface area contributed by atoms with E-state index in [4.69, 9.17) is 16.3 Å². The quantitative estimate of drug-likeness (QED) is 0.751. The van der Waals surface area contributed by atoms with Crippen molar-refractivity contribution >= 4 is 11.6 Å². The first kappa shape index (κ1) is 8.94. The van der Waals surface area contributed by atoms with Gasteiger partial charge in [0.2, 0.25) is 0 Å². The molecule has 1 fully saturated rings. The number of halogens is 2. The molecule has 0 saturated carbocycles. The molecular weight excluding hydrogens is 195 g/mol. The van der Waals surface area contributed by atoms with Gasteiger partial charge in [0.15, 0.2) is 0 Å². The third-order valence-corrected chi connectivity index (χ3v) is 2.44. The molecular formula is C9H8ClFO2. The minimum atomic E-state index is -1.10. The van der Waals surface area contributed by atoms with E-state index >= 15 is 0 Å². The van der Waals surface area contributed by atoms with Crippen molar-refractivity contribution in [3.05, 3.63) is 34.6 Å². The van der Waals surface area contributed by atoms with Crippen LogP contribution >= 0.6 is 11.6 Å². The van der Waals surface area contributed by atoms with Crippen molar-refractivity contribution in [1.82, 2.24) is 0 Å². The summed E-state index contributed by atoms with van der Waals surface area (Å²) in [7, 11) is 0. The maximum Gasteiger partial charge on any atom is 0.138 e. The van der Waals surface area contributed by atoms with Crippen molar-refractivity contribution in [3.63, 3.8) is 0 Å². The molecule has 1 aliphatic rings. The van der Waals surface area contributed by atoms with Crippen LogP contribution in [0, 0.1) is 5.82 Å². The molecule has 2 nitrogen and oxygen atoms in total. The van der Waals surface area contributed by atoms with Gasteiger partial charge in [-0.25, -0.2) is 4.39 Å². The van der Waals surface area contributed by atoms with Gasteiger partial charge in [0, 0.05) is 10.6 Å². The summed E-state index contributed by atoms with van der Waals surface area (Å²) in [5.41, 5.74) is -0.695. The van der Waals surface area contributed by atoms with E-state index in [2.05, 4.69) is 0 Å². The summed E-state index contributed by atoms with van der Waals surface area (Å²) < 4.78 is 17.7. The average Bonchev–Trinajstić information content (AvgIpc) is 2.05. The fraction of sp³-hybridized carbons (Fsp3) is 0.333. The molecule has 2 rings (SSSR count). The molecule has 0 spiro atoms. The molecule has 70 valence electrons. The van der Waals surface area contributed by atoms with Crippen LogP contribution in [0.1, 0.15) is 5.56 Å². The Labute approximate surface area is 79.9 Å². The minimum absolute atomic E-state index is 0.177. The number of aliphatic hydroxyl groups is 1. The number of ether oxygens (including phenoxy) is 1. The fourth-order valence-corrected chi connectivity index (χ4v) is 1.60. The molecule has 1 aromatic carbocycles. The van der Waals surface area contributed by atoms with Crippen molar-refractivity contribution in [3.8, 4) is 0 Å². The maximum absolute atomic E-state index is 12.8. The van der Waals surface area contributed by atoms with Gasteiger partial charge in [-0.1, -0.05) is 11.6 Å².